The van der Waals surface area contributed by atoms with Gasteiger partial charge in [-0.2, -0.15) is 5.10 Å². The molecule has 1 N–H and O–H groups in total. The molecule has 96 valence electrons. The second-order valence-corrected chi connectivity index (χ2v) is 3.75. The first-order valence-corrected chi connectivity index (χ1v) is 5.63. The minimum absolute atomic E-state index is 0.0692. The third-order valence-corrected chi connectivity index (χ3v) is 2.35. The molecule has 0 aromatic carbocycles. The lowest BCUT2D eigenvalue weighted by Crippen LogP contribution is -2.26. The predicted molar refractivity (Wildman–Crippen MR) is 69.2 cm³/mol. The van der Waals surface area contributed by atoms with Crippen LogP contribution in [0.4, 0.5) is 4.79 Å². The number of aromatic nitrogens is 3. The standard InChI is InChI=1S/C12H9ClN4O2/c1-2-5-15-12(18)19-10-8-17(16-11(10)13)9-4-3-6-14-7-9/h1,3-4,6-8H,5H2,(H,15,18). The Bertz CT molecular complexity index is 618. The first kappa shape index (κ1) is 12.9. The molecule has 2 aromatic rings. The van der Waals surface area contributed by atoms with Crippen molar-refractivity contribution in [2.24, 2.45) is 0 Å². The topological polar surface area (TPSA) is 69.0 Å². The summed E-state index contributed by atoms with van der Waals surface area (Å²) in [7, 11) is 0. The van der Waals surface area contributed by atoms with Crippen molar-refractivity contribution in [3.63, 3.8) is 0 Å². The normalized spacial score (nSPS) is 9.68. The van der Waals surface area contributed by atoms with Crippen molar-refractivity contribution in [2.45, 2.75) is 0 Å². The van der Waals surface area contributed by atoms with E-state index < -0.39 is 6.09 Å². The number of ether oxygens (including phenoxy) is 1. The highest BCUT2D eigenvalue weighted by Gasteiger charge is 2.13. The van der Waals surface area contributed by atoms with Gasteiger partial charge in [0.2, 0.25) is 0 Å². The molecule has 0 atom stereocenters. The van der Waals surface area contributed by atoms with Gasteiger partial charge in [-0.3, -0.25) is 4.98 Å². The molecule has 0 bridgehead atoms. The van der Waals surface area contributed by atoms with Gasteiger partial charge in [-0.15, -0.1) is 6.42 Å². The maximum absolute atomic E-state index is 11.3. The van der Waals surface area contributed by atoms with Gasteiger partial charge < -0.3 is 10.1 Å². The van der Waals surface area contributed by atoms with E-state index in [4.69, 9.17) is 22.8 Å². The van der Waals surface area contributed by atoms with Gasteiger partial charge in [0.15, 0.2) is 10.9 Å². The van der Waals surface area contributed by atoms with Crippen LogP contribution in [-0.4, -0.2) is 27.4 Å². The SMILES string of the molecule is C#CCNC(=O)Oc1cn(-c2cccnc2)nc1Cl. The van der Waals surface area contributed by atoms with Gasteiger partial charge in [-0.25, -0.2) is 9.48 Å². The van der Waals surface area contributed by atoms with E-state index >= 15 is 0 Å². The van der Waals surface area contributed by atoms with Crippen LogP contribution in [0.2, 0.25) is 5.15 Å². The number of carbonyl (C=O) groups is 1. The summed E-state index contributed by atoms with van der Waals surface area (Å²) >= 11 is 5.88. The van der Waals surface area contributed by atoms with E-state index in [1.165, 1.54) is 10.9 Å². The molecule has 0 saturated carbocycles. The van der Waals surface area contributed by atoms with E-state index in [1.54, 1.807) is 24.5 Å². The zero-order valence-corrected chi connectivity index (χ0v) is 10.5. The minimum atomic E-state index is -0.689. The summed E-state index contributed by atoms with van der Waals surface area (Å²) < 4.78 is 6.43. The van der Waals surface area contributed by atoms with Crippen molar-refractivity contribution in [3.8, 4) is 23.8 Å². The van der Waals surface area contributed by atoms with Crippen LogP contribution in [0.1, 0.15) is 0 Å². The maximum atomic E-state index is 11.3. The van der Waals surface area contributed by atoms with Gasteiger partial charge in [0.1, 0.15) is 0 Å². The van der Waals surface area contributed by atoms with Crippen LogP contribution in [0, 0.1) is 12.3 Å². The summed E-state index contributed by atoms with van der Waals surface area (Å²) in [4.78, 5) is 15.3. The number of nitrogens with one attached hydrogen (secondary N) is 1. The van der Waals surface area contributed by atoms with Gasteiger partial charge in [0, 0.05) is 6.20 Å². The minimum Gasteiger partial charge on any atom is -0.405 e. The second-order valence-electron chi connectivity index (χ2n) is 3.39. The lowest BCUT2D eigenvalue weighted by atomic mass is 10.4. The molecule has 19 heavy (non-hydrogen) atoms. The van der Waals surface area contributed by atoms with Crippen molar-refractivity contribution < 1.29 is 9.53 Å². The Morgan fingerprint density at radius 1 is 1.63 bits per heavy atom. The Labute approximate surface area is 114 Å². The lowest BCUT2D eigenvalue weighted by molar-refractivity contribution is 0.202. The van der Waals surface area contributed by atoms with Crippen LogP contribution in [-0.2, 0) is 0 Å². The molecule has 0 spiro atoms. The Morgan fingerprint density at radius 3 is 3.16 bits per heavy atom. The van der Waals surface area contributed by atoms with Gasteiger partial charge in [-0.05, 0) is 12.1 Å². The molecule has 0 saturated heterocycles. The summed E-state index contributed by atoms with van der Waals surface area (Å²) in [6.07, 6.45) is 9.04. The molecular formula is C12H9ClN4O2. The summed E-state index contributed by atoms with van der Waals surface area (Å²) in [5, 5.41) is 6.43. The second kappa shape index (κ2) is 5.89. The fourth-order valence-corrected chi connectivity index (χ4v) is 1.46. The maximum Gasteiger partial charge on any atom is 0.413 e. The van der Waals surface area contributed by atoms with E-state index in [2.05, 4.69) is 21.3 Å². The highest BCUT2D eigenvalue weighted by Crippen LogP contribution is 2.24. The first-order valence-electron chi connectivity index (χ1n) is 5.25. The van der Waals surface area contributed by atoms with Crippen molar-refractivity contribution in [2.75, 3.05) is 6.54 Å². The van der Waals surface area contributed by atoms with Gasteiger partial charge in [-0.1, -0.05) is 17.5 Å². The molecule has 0 radical (unpaired) electrons. The molecule has 2 aromatic heterocycles. The van der Waals surface area contributed by atoms with E-state index in [-0.39, 0.29) is 17.4 Å². The molecule has 0 aliphatic heterocycles. The number of carbonyl (C=O) groups excluding carboxylic acids is 1. The zero-order chi connectivity index (χ0) is 13.7. The molecule has 0 unspecified atom stereocenters. The van der Waals surface area contributed by atoms with Crippen molar-refractivity contribution in [1.82, 2.24) is 20.1 Å². The third-order valence-electron chi connectivity index (χ3n) is 2.09. The highest BCUT2D eigenvalue weighted by molar-refractivity contribution is 6.30. The molecule has 7 heteroatoms. The smallest absolute Gasteiger partial charge is 0.405 e. The van der Waals surface area contributed by atoms with E-state index in [0.29, 0.717) is 5.69 Å². The monoisotopic (exact) mass is 276 g/mol. The van der Waals surface area contributed by atoms with E-state index in [1.807, 2.05) is 0 Å². The average molecular weight is 277 g/mol. The van der Waals surface area contributed by atoms with Crippen molar-refractivity contribution >= 4 is 17.7 Å². The van der Waals surface area contributed by atoms with Crippen molar-refractivity contribution in [3.05, 3.63) is 35.9 Å². The number of nitrogens with zero attached hydrogens (tertiary/aromatic N) is 3. The largest absolute Gasteiger partial charge is 0.413 e. The average Bonchev–Trinajstić information content (AvgIpc) is 2.79. The van der Waals surface area contributed by atoms with Crippen LogP contribution in [0.3, 0.4) is 0 Å². The first-order chi connectivity index (χ1) is 9.20. The fraction of sp³-hybridized carbons (Fsp3) is 0.0833. The predicted octanol–water partition coefficient (Wildman–Crippen LogP) is 1.64. The number of amides is 1. The lowest BCUT2D eigenvalue weighted by Gasteiger charge is -2.01. The number of rotatable bonds is 3. The summed E-state index contributed by atoms with van der Waals surface area (Å²) in [6, 6.07) is 3.55. The van der Waals surface area contributed by atoms with Crippen LogP contribution in [0.5, 0.6) is 5.75 Å². The molecule has 2 rings (SSSR count). The quantitative estimate of drug-likeness (QED) is 0.866. The summed E-state index contributed by atoms with van der Waals surface area (Å²) in [5.74, 6) is 2.39. The number of halogens is 1. The molecular weight excluding hydrogens is 268 g/mol. The summed E-state index contributed by atoms with van der Waals surface area (Å²) in [5.41, 5.74) is 0.697. The Kier molecular flexibility index (Phi) is 4.00. The summed E-state index contributed by atoms with van der Waals surface area (Å²) in [6.45, 7) is 0.0766. The Balaban J connectivity index is 2.14. The van der Waals surface area contributed by atoms with Gasteiger partial charge in [0.05, 0.1) is 24.6 Å². The van der Waals surface area contributed by atoms with Gasteiger partial charge >= 0.3 is 6.09 Å². The highest BCUT2D eigenvalue weighted by atomic mass is 35.5. The molecule has 6 nitrogen and oxygen atoms in total. The number of hydrogen-bond donors (Lipinski definition) is 1. The Hall–Kier alpha value is -2.52. The molecule has 0 fully saturated rings. The van der Waals surface area contributed by atoms with Crippen LogP contribution < -0.4 is 10.1 Å². The van der Waals surface area contributed by atoms with E-state index in [0.717, 1.165) is 0 Å². The molecule has 1 amide bonds. The molecule has 0 aliphatic rings. The van der Waals surface area contributed by atoms with E-state index in [9.17, 15) is 4.79 Å². The number of pyridine rings is 1. The molecule has 0 aliphatic carbocycles. The third kappa shape index (κ3) is 3.24. The van der Waals surface area contributed by atoms with Crippen LogP contribution >= 0.6 is 11.6 Å². The number of terminal acetylenes is 1. The zero-order valence-electron chi connectivity index (χ0n) is 9.71. The molecule has 2 heterocycles. The number of hydrogen-bond acceptors (Lipinski definition) is 4. The van der Waals surface area contributed by atoms with Gasteiger partial charge in [0.25, 0.3) is 0 Å². The fourth-order valence-electron chi connectivity index (χ4n) is 1.29. The van der Waals surface area contributed by atoms with Crippen molar-refractivity contribution in [1.29, 1.82) is 0 Å². The van der Waals surface area contributed by atoms with Crippen LogP contribution in [0.15, 0.2) is 30.7 Å². The Morgan fingerprint density at radius 2 is 2.47 bits per heavy atom. The van der Waals surface area contributed by atoms with Crippen LogP contribution in [0.25, 0.3) is 5.69 Å².